The van der Waals surface area contributed by atoms with Gasteiger partial charge in [-0.1, -0.05) is 154 Å². The van der Waals surface area contributed by atoms with Gasteiger partial charge in [-0.2, -0.15) is 0 Å². The van der Waals surface area contributed by atoms with Crippen LogP contribution < -0.4 is 13.7 Å². The lowest BCUT2D eigenvalue weighted by Gasteiger charge is -2.08. The van der Waals surface area contributed by atoms with Gasteiger partial charge in [0.1, 0.15) is 21.1 Å². The third-order valence-electron chi connectivity index (χ3n) is 12.2. The van der Waals surface area contributed by atoms with Crippen molar-refractivity contribution in [1.29, 1.82) is 0 Å². The van der Waals surface area contributed by atoms with Crippen molar-refractivity contribution in [2.75, 3.05) is 0 Å². The van der Waals surface area contributed by atoms with E-state index in [1.165, 1.54) is 55.9 Å². The molecule has 0 bridgehead atoms. The molecule has 3 nitrogen and oxygen atoms in total. The number of hydrogen-bond donors (Lipinski definition) is 0. The highest BCUT2D eigenvalue weighted by molar-refractivity contribution is 5.69. The number of rotatable bonds is 8. The normalized spacial score (nSPS) is 12.7. The second-order valence-corrected chi connectivity index (χ2v) is 17.2. The molecule has 0 N–H and O–H groups in total. The molecule has 0 aliphatic rings. The van der Waals surface area contributed by atoms with Gasteiger partial charge in [0.05, 0.1) is 0 Å². The molecule has 0 amide bonds. The summed E-state index contributed by atoms with van der Waals surface area (Å²) in [6.07, 6.45) is 5.06. The summed E-state index contributed by atoms with van der Waals surface area (Å²) in [4.78, 5) is 0. The first-order valence-corrected chi connectivity index (χ1v) is 22.6. The molecule has 0 spiro atoms. The minimum atomic E-state index is -2.06. The van der Waals surface area contributed by atoms with Crippen molar-refractivity contribution >= 4 is 0 Å². The number of nitrogens with zero attached hydrogens (tertiary/aromatic N) is 3. The Morgan fingerprint density at radius 1 is 0.424 bits per heavy atom. The van der Waals surface area contributed by atoms with E-state index in [0.29, 0.717) is 11.1 Å². The monoisotopic (exact) mass is 871 g/mol. The first kappa shape index (κ1) is 39.2. The van der Waals surface area contributed by atoms with Gasteiger partial charge in [0, 0.05) is 59.8 Å². The summed E-state index contributed by atoms with van der Waals surface area (Å²) in [6, 6.07) is 61.1. The number of aryl methyl sites for hydroxylation is 8. The van der Waals surface area contributed by atoms with Crippen LogP contribution in [0.5, 0.6) is 0 Å². The fraction of sp³-hybridized carbons (Fsp3) is 0.190. The van der Waals surface area contributed by atoms with Gasteiger partial charge in [-0.25, -0.2) is 13.7 Å². The number of benzene rings is 6. The fourth-order valence-corrected chi connectivity index (χ4v) is 8.24. The Labute approximate surface area is 403 Å². The van der Waals surface area contributed by atoms with Crippen molar-refractivity contribution in [1.82, 2.24) is 0 Å². The standard InChI is InChI=1S/C22H24N.C21H22N.C20H20N/c1-16(2)18-9-11-19(12-10-18)20-13-14-22(23(4)15-20)21-8-6-5-7-17(21)3;1-4-17-9-11-18(12-10-17)19-13-14-21(22(3)15-19)20-8-6-5-7-16(20)2;1-15-8-10-17(11-9-15)18-12-13-20(21(3)14-18)19-7-5-4-6-16(19)2/h5-16H,1-4H3;5-15H,4H2,1-3H3;4-14H,1-3H3/q3*+1/i16D;4D2;1D3. The lowest BCUT2D eigenvalue weighted by atomic mass is 9.98. The summed E-state index contributed by atoms with van der Waals surface area (Å²) in [7, 11) is 6.18. The second-order valence-electron chi connectivity index (χ2n) is 17.2. The van der Waals surface area contributed by atoms with Crippen LogP contribution in [0.2, 0.25) is 0 Å². The highest BCUT2D eigenvalue weighted by atomic mass is 14.9. The second kappa shape index (κ2) is 21.6. The zero-order valence-electron chi connectivity index (χ0n) is 45.9. The predicted octanol–water partition coefficient (Wildman–Crippen LogP) is 14.5. The average Bonchev–Trinajstić information content (AvgIpc) is 3.34. The van der Waals surface area contributed by atoms with Crippen LogP contribution in [0.3, 0.4) is 0 Å². The minimum Gasteiger partial charge on any atom is -0.200 e. The maximum Gasteiger partial charge on any atom is 0.212 e. The highest BCUT2D eigenvalue weighted by Crippen LogP contribution is 2.27. The quantitative estimate of drug-likeness (QED) is 0.135. The van der Waals surface area contributed by atoms with E-state index in [2.05, 4.69) is 188 Å². The molecule has 3 heterocycles. The molecule has 0 aliphatic heterocycles. The summed E-state index contributed by atoms with van der Waals surface area (Å²) in [5.74, 6) is -0.558. The molecular weight excluding hydrogens is 799 g/mol. The van der Waals surface area contributed by atoms with Crippen LogP contribution in [-0.4, -0.2) is 0 Å². The number of aromatic nitrogens is 3. The van der Waals surface area contributed by atoms with Crippen LogP contribution in [0.4, 0.5) is 0 Å². The van der Waals surface area contributed by atoms with Crippen molar-refractivity contribution < 1.29 is 21.9 Å². The molecule has 6 aromatic carbocycles. The van der Waals surface area contributed by atoms with E-state index < -0.39 is 19.1 Å². The molecule has 9 aromatic rings. The summed E-state index contributed by atoms with van der Waals surface area (Å²) in [6.45, 7) is 9.73. The van der Waals surface area contributed by atoms with Gasteiger partial charge >= 0.3 is 0 Å². The van der Waals surface area contributed by atoms with Gasteiger partial charge in [-0.3, -0.25) is 0 Å². The topological polar surface area (TPSA) is 11.6 Å². The van der Waals surface area contributed by atoms with Crippen LogP contribution in [0.1, 0.15) is 68.3 Å². The van der Waals surface area contributed by atoms with E-state index in [4.69, 9.17) is 8.22 Å². The Kier molecular flexibility index (Phi) is 12.8. The van der Waals surface area contributed by atoms with Gasteiger partial charge in [-0.05, 0) is 121 Å². The van der Waals surface area contributed by atoms with Crippen LogP contribution in [0, 0.1) is 27.6 Å². The molecular formula is C63H66N3+3. The Hall–Kier alpha value is -7.23. The molecule has 3 heteroatoms. The van der Waals surface area contributed by atoms with Gasteiger partial charge in [0.15, 0.2) is 18.6 Å². The minimum absolute atomic E-state index is 0.368. The predicted molar refractivity (Wildman–Crippen MR) is 278 cm³/mol. The summed E-state index contributed by atoms with van der Waals surface area (Å²) in [5.41, 5.74) is 19.8. The van der Waals surface area contributed by atoms with Crippen LogP contribution in [0.15, 0.2) is 201 Å². The average molecular weight is 871 g/mol. The molecule has 330 valence electrons. The summed E-state index contributed by atoms with van der Waals surface area (Å²) >= 11 is 0. The van der Waals surface area contributed by atoms with Crippen LogP contribution in [-0.2, 0) is 27.5 Å². The zero-order valence-corrected chi connectivity index (χ0v) is 39.9. The number of pyridine rings is 3. The fourth-order valence-electron chi connectivity index (χ4n) is 8.24. The van der Waals surface area contributed by atoms with Crippen molar-refractivity contribution in [2.24, 2.45) is 21.1 Å². The number of hydrogen-bond acceptors (Lipinski definition) is 0. The van der Waals surface area contributed by atoms with E-state index in [9.17, 15) is 0 Å². The van der Waals surface area contributed by atoms with Crippen LogP contribution in [0.25, 0.3) is 67.2 Å². The molecule has 3 aromatic heterocycles. The lowest BCUT2D eigenvalue weighted by Crippen LogP contribution is -2.30. The van der Waals surface area contributed by atoms with E-state index >= 15 is 0 Å². The van der Waals surface area contributed by atoms with E-state index in [0.717, 1.165) is 33.5 Å². The van der Waals surface area contributed by atoms with E-state index in [1.54, 1.807) is 19.1 Å². The highest BCUT2D eigenvalue weighted by Gasteiger charge is 2.16. The molecule has 0 atom stereocenters. The first-order chi connectivity index (χ1) is 34.1. The van der Waals surface area contributed by atoms with E-state index in [1.807, 2.05) is 69.4 Å². The zero-order chi connectivity index (χ0) is 52.0. The molecule has 0 saturated carbocycles. The van der Waals surface area contributed by atoms with E-state index in [-0.39, 0.29) is 0 Å². The summed E-state index contributed by atoms with van der Waals surface area (Å²) < 4.78 is 52.5. The first-order valence-electron chi connectivity index (χ1n) is 25.6. The summed E-state index contributed by atoms with van der Waals surface area (Å²) in [5, 5.41) is 0. The largest absolute Gasteiger partial charge is 0.212 e. The molecule has 0 fully saturated rings. The smallest absolute Gasteiger partial charge is 0.200 e. The van der Waals surface area contributed by atoms with Gasteiger partial charge in [0.25, 0.3) is 0 Å². The Balaban J connectivity index is 0.000000158. The van der Waals surface area contributed by atoms with Crippen molar-refractivity contribution in [3.63, 3.8) is 0 Å². The van der Waals surface area contributed by atoms with Gasteiger partial charge < -0.3 is 0 Å². The van der Waals surface area contributed by atoms with Gasteiger partial charge in [-0.15, -0.1) is 0 Å². The molecule has 0 unspecified atom stereocenters. The van der Waals surface area contributed by atoms with Crippen molar-refractivity contribution in [2.45, 2.75) is 60.7 Å². The molecule has 0 saturated heterocycles. The lowest BCUT2D eigenvalue weighted by molar-refractivity contribution is -0.660. The molecule has 9 rings (SSSR count). The molecule has 0 aliphatic carbocycles. The van der Waals surface area contributed by atoms with Crippen LogP contribution >= 0.6 is 0 Å². The molecule has 0 radical (unpaired) electrons. The Bertz CT molecular complexity index is 2940. The Morgan fingerprint density at radius 3 is 1.05 bits per heavy atom. The molecule has 66 heavy (non-hydrogen) atoms. The SMILES string of the molecule is [2H]C(C)(C)c1ccc(-c2ccc(-c3ccccc3C)[n+](C)c2)cc1.[2H]C([2H])(C)c1ccc(-c2ccc(-c3ccccc3C)[n+](C)c2)cc1.[2H]C([2H])([2H])c1ccc(-c2ccc(-c3ccccc3C)[n+](C)c2)cc1. The maximum atomic E-state index is 8.12. The third-order valence-corrected chi connectivity index (χ3v) is 12.2. The Morgan fingerprint density at radius 2 is 0.742 bits per heavy atom. The van der Waals surface area contributed by atoms with Crippen molar-refractivity contribution in [3.05, 3.63) is 234 Å². The van der Waals surface area contributed by atoms with Gasteiger partial charge in [0.2, 0.25) is 17.1 Å². The van der Waals surface area contributed by atoms with Crippen molar-refractivity contribution in [3.8, 4) is 67.2 Å². The maximum absolute atomic E-state index is 8.12. The third kappa shape index (κ3) is 11.3.